The van der Waals surface area contributed by atoms with E-state index in [1.165, 1.54) is 17.1 Å². The number of hydrogen-bond acceptors (Lipinski definition) is 4. The summed E-state index contributed by atoms with van der Waals surface area (Å²) in [6, 6.07) is 4.88. The van der Waals surface area contributed by atoms with E-state index in [4.69, 9.17) is 0 Å². The molecule has 4 rings (SSSR count). The van der Waals surface area contributed by atoms with Crippen molar-refractivity contribution >= 4 is 26.6 Å². The van der Waals surface area contributed by atoms with Gasteiger partial charge in [0.05, 0.1) is 29.0 Å². The van der Waals surface area contributed by atoms with Gasteiger partial charge in [-0.15, -0.1) is 0 Å². The maximum atomic E-state index is 13.0. The first kappa shape index (κ1) is 17.5. The van der Waals surface area contributed by atoms with E-state index in [0.717, 1.165) is 11.8 Å². The zero-order valence-corrected chi connectivity index (χ0v) is 15.0. The van der Waals surface area contributed by atoms with Crippen LogP contribution in [0.25, 0.3) is 10.9 Å². The zero-order chi connectivity index (χ0) is 19.4. The highest BCUT2D eigenvalue weighted by Gasteiger charge is 2.46. The summed E-state index contributed by atoms with van der Waals surface area (Å²) in [5.74, 6) is -2.71. The summed E-state index contributed by atoms with van der Waals surface area (Å²) in [6.07, 6.45) is 3.21. The second-order valence-corrected chi connectivity index (χ2v) is 8.36. The highest BCUT2D eigenvalue weighted by molar-refractivity contribution is 7.92. The van der Waals surface area contributed by atoms with Crippen LogP contribution in [0.5, 0.6) is 0 Å². The Hall–Kier alpha value is -2.93. The molecule has 0 radical (unpaired) electrons. The smallest absolute Gasteiger partial charge is 0.265 e. The lowest BCUT2D eigenvalue weighted by molar-refractivity contribution is -0.107. The minimum atomic E-state index is -3.96. The number of aryl methyl sites for hydroxylation is 1. The molecule has 0 unspecified atom stereocenters. The third-order valence-corrected chi connectivity index (χ3v) is 6.06. The van der Waals surface area contributed by atoms with Crippen LogP contribution in [0.3, 0.4) is 0 Å². The molecule has 27 heavy (non-hydrogen) atoms. The largest absolute Gasteiger partial charge is 0.358 e. The number of alkyl halides is 2. The standard InChI is InChI=1S/C17H15F2N5O2S/c1-10-2-3-14(16-15(10)11(6-20)7-21-16)23-27(25,26)13-8-22-24(9-13)12-4-17(18,19)5-12/h2-3,7-9,12,21,23H,4-5H2,1H3. The van der Waals surface area contributed by atoms with Crippen LogP contribution >= 0.6 is 0 Å². The highest BCUT2D eigenvalue weighted by Crippen LogP contribution is 2.45. The second-order valence-electron chi connectivity index (χ2n) is 6.67. The molecule has 1 aliphatic carbocycles. The van der Waals surface area contributed by atoms with Gasteiger partial charge in [0.2, 0.25) is 0 Å². The molecular formula is C17H15F2N5O2S. The van der Waals surface area contributed by atoms with E-state index >= 15 is 0 Å². The molecule has 7 nitrogen and oxygen atoms in total. The van der Waals surface area contributed by atoms with Gasteiger partial charge in [-0.2, -0.15) is 10.4 Å². The van der Waals surface area contributed by atoms with Crippen LogP contribution in [0, 0.1) is 18.3 Å². The number of anilines is 1. The van der Waals surface area contributed by atoms with Crippen molar-refractivity contribution < 1.29 is 17.2 Å². The maximum Gasteiger partial charge on any atom is 0.265 e. The number of nitriles is 1. The maximum absolute atomic E-state index is 13.0. The molecule has 140 valence electrons. The second kappa shape index (κ2) is 5.79. The Morgan fingerprint density at radius 3 is 2.81 bits per heavy atom. The lowest BCUT2D eigenvalue weighted by Gasteiger charge is -2.34. The highest BCUT2D eigenvalue weighted by atomic mass is 32.2. The molecule has 0 aliphatic heterocycles. The van der Waals surface area contributed by atoms with E-state index in [2.05, 4.69) is 20.9 Å². The monoisotopic (exact) mass is 391 g/mol. The molecule has 0 atom stereocenters. The summed E-state index contributed by atoms with van der Waals surface area (Å²) in [7, 11) is -3.96. The molecule has 0 saturated heterocycles. The molecule has 0 amide bonds. The number of aromatic amines is 1. The number of benzene rings is 1. The minimum Gasteiger partial charge on any atom is -0.358 e. The van der Waals surface area contributed by atoms with E-state index in [0.29, 0.717) is 22.2 Å². The van der Waals surface area contributed by atoms with Crippen LogP contribution in [0.1, 0.15) is 30.0 Å². The molecule has 3 aromatic rings. The van der Waals surface area contributed by atoms with Gasteiger partial charge < -0.3 is 4.98 Å². The van der Waals surface area contributed by atoms with E-state index in [1.807, 2.05) is 6.92 Å². The van der Waals surface area contributed by atoms with E-state index < -0.39 is 22.0 Å². The summed E-state index contributed by atoms with van der Waals surface area (Å²) < 4.78 is 55.1. The number of rotatable bonds is 4. The quantitative estimate of drug-likeness (QED) is 0.712. The molecule has 2 N–H and O–H groups in total. The van der Waals surface area contributed by atoms with Gasteiger partial charge in [0.25, 0.3) is 15.9 Å². The van der Waals surface area contributed by atoms with Crippen molar-refractivity contribution in [3.05, 3.63) is 41.9 Å². The minimum absolute atomic E-state index is 0.112. The van der Waals surface area contributed by atoms with Gasteiger partial charge in [-0.3, -0.25) is 9.40 Å². The molecule has 2 heterocycles. The van der Waals surface area contributed by atoms with Crippen molar-refractivity contribution in [3.63, 3.8) is 0 Å². The first-order valence-corrected chi connectivity index (χ1v) is 9.64. The van der Waals surface area contributed by atoms with Crippen LogP contribution in [-0.4, -0.2) is 29.1 Å². The first-order valence-electron chi connectivity index (χ1n) is 8.16. The van der Waals surface area contributed by atoms with Gasteiger partial charge in [0.1, 0.15) is 11.0 Å². The fourth-order valence-electron chi connectivity index (χ4n) is 3.27. The Labute approximate surface area is 153 Å². The van der Waals surface area contributed by atoms with Gasteiger partial charge in [0, 0.05) is 30.6 Å². The van der Waals surface area contributed by atoms with E-state index in [-0.39, 0.29) is 17.7 Å². The average Bonchev–Trinajstić information content (AvgIpc) is 3.22. The first-order chi connectivity index (χ1) is 12.7. The van der Waals surface area contributed by atoms with Gasteiger partial charge in [-0.1, -0.05) is 6.07 Å². The van der Waals surface area contributed by atoms with Crippen molar-refractivity contribution in [3.8, 4) is 6.07 Å². The van der Waals surface area contributed by atoms with Crippen LogP contribution in [0.4, 0.5) is 14.5 Å². The lowest BCUT2D eigenvalue weighted by atomic mass is 9.88. The molecule has 1 aromatic carbocycles. The van der Waals surface area contributed by atoms with Gasteiger partial charge in [-0.25, -0.2) is 17.2 Å². The van der Waals surface area contributed by atoms with Crippen LogP contribution in [0.2, 0.25) is 0 Å². The average molecular weight is 391 g/mol. The molecule has 0 spiro atoms. The van der Waals surface area contributed by atoms with Crippen molar-refractivity contribution in [2.75, 3.05) is 4.72 Å². The predicted octanol–water partition coefficient (Wildman–Crippen LogP) is 3.32. The Bertz CT molecular complexity index is 1180. The Morgan fingerprint density at radius 2 is 2.15 bits per heavy atom. The van der Waals surface area contributed by atoms with Crippen LogP contribution in [-0.2, 0) is 10.0 Å². The topological polar surface area (TPSA) is 104 Å². The van der Waals surface area contributed by atoms with Crippen LogP contribution < -0.4 is 4.72 Å². The Balaban J connectivity index is 1.64. The number of aromatic nitrogens is 3. The van der Waals surface area contributed by atoms with Gasteiger partial charge >= 0.3 is 0 Å². The number of hydrogen-bond donors (Lipinski definition) is 2. The number of H-pyrrole nitrogens is 1. The summed E-state index contributed by atoms with van der Waals surface area (Å²) in [5.41, 5.74) is 2.05. The van der Waals surface area contributed by atoms with Crippen molar-refractivity contribution in [2.45, 2.75) is 36.6 Å². The van der Waals surface area contributed by atoms with Crippen molar-refractivity contribution in [1.82, 2.24) is 14.8 Å². The number of halogens is 2. The number of nitrogens with one attached hydrogen (secondary N) is 2. The zero-order valence-electron chi connectivity index (χ0n) is 14.2. The molecule has 1 fully saturated rings. The Kier molecular flexibility index (Phi) is 3.75. The number of sulfonamides is 1. The van der Waals surface area contributed by atoms with Gasteiger partial charge in [-0.05, 0) is 18.6 Å². The van der Waals surface area contributed by atoms with Crippen molar-refractivity contribution in [2.24, 2.45) is 0 Å². The third-order valence-electron chi connectivity index (χ3n) is 4.74. The molecule has 10 heteroatoms. The van der Waals surface area contributed by atoms with Gasteiger partial charge in [0.15, 0.2) is 0 Å². The molecule has 2 aromatic heterocycles. The molecule has 0 bridgehead atoms. The SMILES string of the molecule is Cc1ccc(NS(=O)(=O)c2cnn(C3CC(F)(F)C3)c2)c2[nH]cc(C#N)c12. The normalized spacial score (nSPS) is 16.8. The van der Waals surface area contributed by atoms with Crippen molar-refractivity contribution in [1.29, 1.82) is 5.26 Å². The molecule has 1 aliphatic rings. The van der Waals surface area contributed by atoms with Crippen LogP contribution in [0.15, 0.2) is 35.6 Å². The van der Waals surface area contributed by atoms with E-state index in [9.17, 15) is 22.5 Å². The Morgan fingerprint density at radius 1 is 1.41 bits per heavy atom. The summed E-state index contributed by atoms with van der Waals surface area (Å²) in [6.45, 7) is 1.83. The molecule has 1 saturated carbocycles. The number of nitrogens with zero attached hydrogens (tertiary/aromatic N) is 3. The summed E-state index contributed by atoms with van der Waals surface area (Å²) in [4.78, 5) is 2.81. The fraction of sp³-hybridized carbons (Fsp3) is 0.294. The third kappa shape index (κ3) is 2.94. The molecular weight excluding hydrogens is 376 g/mol. The summed E-state index contributed by atoms with van der Waals surface area (Å²) >= 11 is 0. The fourth-order valence-corrected chi connectivity index (χ4v) is 4.28. The summed E-state index contributed by atoms with van der Waals surface area (Å²) in [5, 5.41) is 13.8. The number of fused-ring (bicyclic) bond motifs is 1. The van der Waals surface area contributed by atoms with E-state index in [1.54, 1.807) is 12.1 Å². The predicted molar refractivity (Wildman–Crippen MR) is 94.0 cm³/mol. The lowest BCUT2D eigenvalue weighted by Crippen LogP contribution is -2.37.